The number of anilines is 1. The first-order valence-electron chi connectivity index (χ1n) is 4.85. The summed E-state index contributed by atoms with van der Waals surface area (Å²) in [5, 5.41) is 3.00. The Morgan fingerprint density at radius 2 is 2.00 bits per heavy atom. The molecule has 4 heteroatoms. The normalized spacial score (nSPS) is 10.1. The first-order chi connectivity index (χ1) is 7.77. The second-order valence-electron chi connectivity index (χ2n) is 3.27. The number of aromatic nitrogens is 1. The van der Waals surface area contributed by atoms with Crippen LogP contribution in [0.15, 0.2) is 47.1 Å². The van der Waals surface area contributed by atoms with Gasteiger partial charge in [-0.3, -0.25) is 4.98 Å². The molecular formula is C12H10BrFN2. The van der Waals surface area contributed by atoms with Crippen molar-refractivity contribution in [1.29, 1.82) is 0 Å². The lowest BCUT2D eigenvalue weighted by atomic mass is 10.3. The number of nitrogens with zero attached hydrogens (tertiary/aromatic N) is 1. The lowest BCUT2D eigenvalue weighted by molar-refractivity contribution is 0.630. The lowest BCUT2D eigenvalue weighted by Crippen LogP contribution is -2.03. The van der Waals surface area contributed by atoms with Gasteiger partial charge in [-0.1, -0.05) is 12.1 Å². The van der Waals surface area contributed by atoms with Gasteiger partial charge >= 0.3 is 0 Å². The zero-order valence-electron chi connectivity index (χ0n) is 8.45. The maximum absolute atomic E-state index is 13.3. The van der Waals surface area contributed by atoms with Gasteiger partial charge < -0.3 is 5.32 Å². The summed E-state index contributed by atoms with van der Waals surface area (Å²) in [4.78, 5) is 4.19. The molecule has 0 unspecified atom stereocenters. The van der Waals surface area contributed by atoms with E-state index in [0.29, 0.717) is 12.2 Å². The highest BCUT2D eigenvalue weighted by Crippen LogP contribution is 2.17. The summed E-state index contributed by atoms with van der Waals surface area (Å²) in [5.74, 6) is -0.255. The first kappa shape index (κ1) is 11.1. The summed E-state index contributed by atoms with van der Waals surface area (Å²) >= 11 is 3.39. The molecule has 2 rings (SSSR count). The van der Waals surface area contributed by atoms with E-state index >= 15 is 0 Å². The summed E-state index contributed by atoms with van der Waals surface area (Å²) in [6, 6.07) is 10.3. The lowest BCUT2D eigenvalue weighted by Gasteiger charge is -2.07. The molecule has 16 heavy (non-hydrogen) atoms. The molecular weight excluding hydrogens is 271 g/mol. The van der Waals surface area contributed by atoms with Crippen molar-refractivity contribution in [2.24, 2.45) is 0 Å². The van der Waals surface area contributed by atoms with Crippen molar-refractivity contribution < 1.29 is 4.39 Å². The molecule has 0 radical (unpaired) electrons. The van der Waals surface area contributed by atoms with E-state index < -0.39 is 0 Å². The highest BCUT2D eigenvalue weighted by Gasteiger charge is 2.02. The fourth-order valence-electron chi connectivity index (χ4n) is 1.33. The zero-order chi connectivity index (χ0) is 11.4. The summed E-state index contributed by atoms with van der Waals surface area (Å²) in [5.41, 5.74) is 1.34. The Morgan fingerprint density at radius 1 is 1.19 bits per heavy atom. The van der Waals surface area contributed by atoms with Crippen LogP contribution in [-0.4, -0.2) is 4.98 Å². The minimum absolute atomic E-state index is 0.255. The van der Waals surface area contributed by atoms with Gasteiger partial charge in [-0.25, -0.2) is 4.39 Å². The molecule has 0 saturated heterocycles. The largest absolute Gasteiger partial charge is 0.377 e. The molecule has 0 saturated carbocycles. The van der Waals surface area contributed by atoms with Crippen molar-refractivity contribution >= 4 is 21.6 Å². The smallest absolute Gasteiger partial charge is 0.146 e. The molecule has 1 aromatic heterocycles. The van der Waals surface area contributed by atoms with Crippen LogP contribution >= 0.6 is 15.9 Å². The number of nitrogens with one attached hydrogen (secondary N) is 1. The molecule has 0 aliphatic carbocycles. The monoisotopic (exact) mass is 280 g/mol. The Balaban J connectivity index is 2.09. The molecule has 1 N–H and O–H groups in total. The average Bonchev–Trinajstić information content (AvgIpc) is 2.30. The molecule has 1 heterocycles. The van der Waals surface area contributed by atoms with Crippen LogP contribution in [0, 0.1) is 5.82 Å². The van der Waals surface area contributed by atoms with Gasteiger partial charge in [0, 0.05) is 10.7 Å². The van der Waals surface area contributed by atoms with E-state index in [0.717, 1.165) is 10.2 Å². The SMILES string of the molecule is Fc1ccccc1NCc1ncccc1Br. The minimum Gasteiger partial charge on any atom is -0.377 e. The van der Waals surface area contributed by atoms with Crippen LogP contribution in [0.25, 0.3) is 0 Å². The summed E-state index contributed by atoms with van der Waals surface area (Å²) in [7, 11) is 0. The molecule has 0 bridgehead atoms. The van der Waals surface area contributed by atoms with E-state index in [1.807, 2.05) is 12.1 Å². The number of hydrogen-bond acceptors (Lipinski definition) is 2. The number of benzene rings is 1. The molecule has 2 aromatic rings. The molecule has 0 aliphatic rings. The van der Waals surface area contributed by atoms with E-state index in [-0.39, 0.29) is 5.82 Å². The Kier molecular flexibility index (Phi) is 3.51. The van der Waals surface area contributed by atoms with Gasteiger partial charge in [0.15, 0.2) is 0 Å². The molecule has 0 spiro atoms. The first-order valence-corrected chi connectivity index (χ1v) is 5.64. The van der Waals surface area contributed by atoms with Crippen molar-refractivity contribution in [3.8, 4) is 0 Å². The molecule has 0 amide bonds. The third-order valence-electron chi connectivity index (χ3n) is 2.15. The van der Waals surface area contributed by atoms with Gasteiger partial charge in [0.05, 0.1) is 17.9 Å². The standard InChI is InChI=1S/C12H10BrFN2/c13-9-4-3-7-15-12(9)8-16-11-6-2-1-5-10(11)14/h1-7,16H,8H2. The Morgan fingerprint density at radius 3 is 2.75 bits per heavy atom. The van der Waals surface area contributed by atoms with Crippen LogP contribution in [0.4, 0.5) is 10.1 Å². The predicted molar refractivity (Wildman–Crippen MR) is 65.7 cm³/mol. The topological polar surface area (TPSA) is 24.9 Å². The van der Waals surface area contributed by atoms with Crippen molar-refractivity contribution in [2.75, 3.05) is 5.32 Å². The second kappa shape index (κ2) is 5.07. The summed E-state index contributed by atoms with van der Waals surface area (Å²) < 4.78 is 14.2. The third-order valence-corrected chi connectivity index (χ3v) is 2.88. The number of pyridine rings is 1. The molecule has 1 aromatic carbocycles. The molecule has 2 nitrogen and oxygen atoms in total. The summed E-state index contributed by atoms with van der Waals surface area (Å²) in [6.07, 6.45) is 1.71. The Bertz CT molecular complexity index is 442. The minimum atomic E-state index is -0.255. The van der Waals surface area contributed by atoms with E-state index in [4.69, 9.17) is 0 Å². The molecule has 82 valence electrons. The molecule has 0 aliphatic heterocycles. The van der Waals surface area contributed by atoms with Crippen molar-refractivity contribution in [3.63, 3.8) is 0 Å². The second-order valence-corrected chi connectivity index (χ2v) is 4.12. The van der Waals surface area contributed by atoms with E-state index in [1.165, 1.54) is 6.07 Å². The van der Waals surface area contributed by atoms with E-state index in [9.17, 15) is 4.39 Å². The predicted octanol–water partition coefficient (Wildman–Crippen LogP) is 3.60. The maximum Gasteiger partial charge on any atom is 0.146 e. The maximum atomic E-state index is 13.3. The Labute approximate surface area is 102 Å². The molecule has 0 fully saturated rings. The quantitative estimate of drug-likeness (QED) is 0.929. The number of halogens is 2. The fourth-order valence-corrected chi connectivity index (χ4v) is 1.73. The zero-order valence-corrected chi connectivity index (χ0v) is 10.0. The number of rotatable bonds is 3. The van der Waals surface area contributed by atoms with E-state index in [2.05, 4.69) is 26.2 Å². The summed E-state index contributed by atoms with van der Waals surface area (Å²) in [6.45, 7) is 0.488. The number of para-hydroxylation sites is 1. The van der Waals surface area contributed by atoms with Crippen LogP contribution in [0.5, 0.6) is 0 Å². The van der Waals surface area contributed by atoms with Crippen LogP contribution < -0.4 is 5.32 Å². The Hall–Kier alpha value is -1.42. The van der Waals surface area contributed by atoms with Gasteiger partial charge in [0.2, 0.25) is 0 Å². The van der Waals surface area contributed by atoms with Gasteiger partial charge in [-0.2, -0.15) is 0 Å². The van der Waals surface area contributed by atoms with Crippen LogP contribution in [-0.2, 0) is 6.54 Å². The highest BCUT2D eigenvalue weighted by atomic mass is 79.9. The fraction of sp³-hybridized carbons (Fsp3) is 0.0833. The van der Waals surface area contributed by atoms with Crippen molar-refractivity contribution in [1.82, 2.24) is 4.98 Å². The molecule has 0 atom stereocenters. The van der Waals surface area contributed by atoms with Crippen molar-refractivity contribution in [3.05, 3.63) is 58.6 Å². The van der Waals surface area contributed by atoms with E-state index in [1.54, 1.807) is 24.4 Å². The highest BCUT2D eigenvalue weighted by molar-refractivity contribution is 9.10. The van der Waals surface area contributed by atoms with Crippen LogP contribution in [0.1, 0.15) is 5.69 Å². The third kappa shape index (κ3) is 2.58. The van der Waals surface area contributed by atoms with Crippen LogP contribution in [0.2, 0.25) is 0 Å². The van der Waals surface area contributed by atoms with Crippen LogP contribution in [0.3, 0.4) is 0 Å². The van der Waals surface area contributed by atoms with Gasteiger partial charge in [0.25, 0.3) is 0 Å². The van der Waals surface area contributed by atoms with Crippen molar-refractivity contribution in [2.45, 2.75) is 6.54 Å². The van der Waals surface area contributed by atoms with Gasteiger partial charge in [0.1, 0.15) is 5.82 Å². The average molecular weight is 281 g/mol. The van der Waals surface area contributed by atoms with Gasteiger partial charge in [-0.15, -0.1) is 0 Å². The number of hydrogen-bond donors (Lipinski definition) is 1. The van der Waals surface area contributed by atoms with Gasteiger partial charge in [-0.05, 0) is 40.2 Å².